The molecule has 0 bridgehead atoms. The van der Waals surface area contributed by atoms with Gasteiger partial charge in [-0.05, 0) is 47.8 Å². The zero-order valence-electron chi connectivity index (χ0n) is 15.6. The van der Waals surface area contributed by atoms with E-state index in [2.05, 4.69) is 15.9 Å². The highest BCUT2D eigenvalue weighted by Crippen LogP contribution is 2.45. The summed E-state index contributed by atoms with van der Waals surface area (Å²) in [5.74, 6) is 0.192. The maximum atomic E-state index is 13.3. The second-order valence-corrected chi connectivity index (χ2v) is 9.11. The Balaban J connectivity index is 1.49. The minimum Gasteiger partial charge on any atom is -0.454 e. The van der Waals surface area contributed by atoms with Crippen LogP contribution >= 0.6 is 27.3 Å². The van der Waals surface area contributed by atoms with Crippen LogP contribution in [-0.4, -0.2) is 23.6 Å². The van der Waals surface area contributed by atoms with Crippen molar-refractivity contribution in [2.24, 2.45) is 0 Å². The highest BCUT2D eigenvalue weighted by Gasteiger charge is 2.51. The Morgan fingerprint density at radius 2 is 2.00 bits per heavy atom. The molecule has 1 N–H and O–H groups in total. The monoisotopic (exact) mass is 485 g/mol. The fourth-order valence-corrected chi connectivity index (χ4v) is 4.87. The average Bonchev–Trinajstić information content (AvgIpc) is 3.45. The van der Waals surface area contributed by atoms with Crippen LogP contribution in [0.1, 0.15) is 27.2 Å². The van der Waals surface area contributed by atoms with E-state index in [1.54, 1.807) is 35.2 Å². The van der Waals surface area contributed by atoms with Gasteiger partial charge in [0.1, 0.15) is 0 Å². The first-order valence-corrected chi connectivity index (χ1v) is 10.9. The van der Waals surface area contributed by atoms with Crippen molar-refractivity contribution in [3.05, 3.63) is 74.4 Å². The van der Waals surface area contributed by atoms with E-state index in [0.29, 0.717) is 34.9 Å². The summed E-state index contributed by atoms with van der Waals surface area (Å²) >= 11 is 4.94. The number of carbonyl (C=O) groups is 2. The van der Waals surface area contributed by atoms with E-state index < -0.39 is 11.5 Å². The number of anilines is 1. The van der Waals surface area contributed by atoms with Gasteiger partial charge in [-0.1, -0.05) is 22.0 Å². The third-order valence-electron chi connectivity index (χ3n) is 5.30. The molecule has 0 spiro atoms. The second kappa shape index (κ2) is 7.23. The Kier molecular flexibility index (Phi) is 4.65. The Morgan fingerprint density at radius 3 is 2.80 bits per heavy atom. The highest BCUT2D eigenvalue weighted by molar-refractivity contribution is 9.10. The number of aliphatic hydroxyl groups is 1. The molecule has 30 heavy (non-hydrogen) atoms. The summed E-state index contributed by atoms with van der Waals surface area (Å²) in [5, 5.41) is 13.4. The van der Waals surface area contributed by atoms with Crippen LogP contribution in [0.25, 0.3) is 0 Å². The highest BCUT2D eigenvalue weighted by atomic mass is 79.9. The lowest BCUT2D eigenvalue weighted by Gasteiger charge is -2.22. The standard InChI is InChI=1S/C22H16BrNO5S/c23-14-4-5-17-16(9-14)22(27,21(26)24(17)11-15-2-1-7-30-15)10-18(25)13-3-6-19-20(8-13)29-12-28-19/h1-9,27H,10-12H2. The molecule has 1 amide bonds. The Labute approximate surface area is 184 Å². The summed E-state index contributed by atoms with van der Waals surface area (Å²) in [7, 11) is 0. The molecule has 0 saturated carbocycles. The number of hydrogen-bond acceptors (Lipinski definition) is 6. The van der Waals surface area contributed by atoms with Gasteiger partial charge in [-0.2, -0.15) is 0 Å². The number of rotatable bonds is 5. The zero-order valence-corrected chi connectivity index (χ0v) is 18.0. The molecular weight excluding hydrogens is 470 g/mol. The van der Waals surface area contributed by atoms with Crippen LogP contribution in [0.5, 0.6) is 11.5 Å². The van der Waals surface area contributed by atoms with Gasteiger partial charge in [-0.15, -0.1) is 11.3 Å². The minimum absolute atomic E-state index is 0.106. The van der Waals surface area contributed by atoms with Gasteiger partial charge in [0.15, 0.2) is 22.9 Å². The number of benzene rings is 2. The molecule has 0 radical (unpaired) electrons. The van der Waals surface area contributed by atoms with Gasteiger partial charge in [-0.25, -0.2) is 0 Å². The summed E-state index contributed by atoms with van der Waals surface area (Å²) in [5.41, 5.74) is -0.553. The van der Waals surface area contributed by atoms with Gasteiger partial charge in [-0.3, -0.25) is 9.59 Å². The second-order valence-electron chi connectivity index (χ2n) is 7.16. The number of nitrogens with zero attached hydrogens (tertiary/aromatic N) is 1. The van der Waals surface area contributed by atoms with Crippen molar-refractivity contribution in [2.45, 2.75) is 18.6 Å². The number of Topliss-reactive ketones (excluding diaryl/α,β-unsaturated/α-hetero) is 1. The van der Waals surface area contributed by atoms with Crippen molar-refractivity contribution in [1.29, 1.82) is 0 Å². The van der Waals surface area contributed by atoms with E-state index in [1.165, 1.54) is 11.3 Å². The molecule has 5 rings (SSSR count). The van der Waals surface area contributed by atoms with E-state index in [4.69, 9.17) is 9.47 Å². The number of thiophene rings is 1. The first-order chi connectivity index (χ1) is 14.5. The van der Waals surface area contributed by atoms with Gasteiger partial charge in [0.2, 0.25) is 6.79 Å². The summed E-state index contributed by atoms with van der Waals surface area (Å²) < 4.78 is 11.3. The Bertz CT molecular complexity index is 1160. The number of amides is 1. The molecule has 2 aliphatic rings. The van der Waals surface area contributed by atoms with Crippen LogP contribution in [0, 0.1) is 0 Å². The van der Waals surface area contributed by atoms with E-state index in [0.717, 1.165) is 9.35 Å². The Hall–Kier alpha value is -2.68. The molecule has 8 heteroatoms. The normalized spacial score (nSPS) is 19.3. The van der Waals surface area contributed by atoms with E-state index in [-0.39, 0.29) is 19.0 Å². The average molecular weight is 486 g/mol. The minimum atomic E-state index is -1.94. The van der Waals surface area contributed by atoms with Gasteiger partial charge in [0.25, 0.3) is 5.91 Å². The van der Waals surface area contributed by atoms with Crippen LogP contribution in [0.4, 0.5) is 5.69 Å². The Morgan fingerprint density at radius 1 is 1.17 bits per heavy atom. The topological polar surface area (TPSA) is 76.1 Å². The van der Waals surface area contributed by atoms with Crippen molar-refractivity contribution in [3.8, 4) is 11.5 Å². The summed E-state index contributed by atoms with van der Waals surface area (Å²) in [6.45, 7) is 0.445. The van der Waals surface area contributed by atoms with Crippen molar-refractivity contribution < 1.29 is 24.2 Å². The lowest BCUT2D eigenvalue weighted by molar-refractivity contribution is -0.136. The SMILES string of the molecule is O=C(CC1(O)C(=O)N(Cc2cccs2)c2ccc(Br)cc21)c1ccc2c(c1)OCO2. The quantitative estimate of drug-likeness (QED) is 0.546. The molecule has 152 valence electrons. The van der Waals surface area contributed by atoms with Crippen molar-refractivity contribution in [2.75, 3.05) is 11.7 Å². The molecule has 1 unspecified atom stereocenters. The third-order valence-corrected chi connectivity index (χ3v) is 6.65. The van der Waals surface area contributed by atoms with Crippen LogP contribution in [-0.2, 0) is 16.9 Å². The van der Waals surface area contributed by atoms with Crippen molar-refractivity contribution >= 4 is 44.6 Å². The molecule has 3 aromatic rings. The first-order valence-electron chi connectivity index (χ1n) is 9.25. The fraction of sp³-hybridized carbons (Fsp3) is 0.182. The number of hydrogen-bond donors (Lipinski definition) is 1. The van der Waals surface area contributed by atoms with Gasteiger partial charge in [0, 0.05) is 20.5 Å². The predicted octanol–water partition coefficient (Wildman–Crippen LogP) is 4.25. The number of ketones is 1. The predicted molar refractivity (Wildman–Crippen MR) is 115 cm³/mol. The summed E-state index contributed by atoms with van der Waals surface area (Å²) in [4.78, 5) is 28.9. The van der Waals surface area contributed by atoms with Crippen molar-refractivity contribution in [1.82, 2.24) is 0 Å². The smallest absolute Gasteiger partial charge is 0.264 e. The lowest BCUT2D eigenvalue weighted by atomic mass is 9.88. The molecule has 1 atom stereocenters. The molecule has 3 heterocycles. The zero-order chi connectivity index (χ0) is 20.9. The molecule has 0 fully saturated rings. The molecule has 0 saturated heterocycles. The van der Waals surface area contributed by atoms with Gasteiger partial charge < -0.3 is 19.5 Å². The van der Waals surface area contributed by atoms with Gasteiger partial charge in [0.05, 0.1) is 18.7 Å². The summed E-state index contributed by atoms with van der Waals surface area (Å²) in [6, 6.07) is 14.0. The van der Waals surface area contributed by atoms with Crippen LogP contribution in [0.3, 0.4) is 0 Å². The lowest BCUT2D eigenvalue weighted by Crippen LogP contribution is -2.41. The molecule has 0 aliphatic carbocycles. The number of ether oxygens (including phenoxy) is 2. The third kappa shape index (κ3) is 3.12. The maximum Gasteiger partial charge on any atom is 0.264 e. The maximum absolute atomic E-state index is 13.3. The first kappa shape index (κ1) is 19.3. The molecule has 2 aliphatic heterocycles. The van der Waals surface area contributed by atoms with E-state index in [1.807, 2.05) is 23.6 Å². The number of halogens is 1. The molecular formula is C22H16BrNO5S. The van der Waals surface area contributed by atoms with E-state index >= 15 is 0 Å². The number of fused-ring (bicyclic) bond motifs is 2. The van der Waals surface area contributed by atoms with Gasteiger partial charge >= 0.3 is 0 Å². The molecule has 6 nitrogen and oxygen atoms in total. The van der Waals surface area contributed by atoms with Crippen LogP contribution in [0.2, 0.25) is 0 Å². The van der Waals surface area contributed by atoms with Crippen molar-refractivity contribution in [3.63, 3.8) is 0 Å². The largest absolute Gasteiger partial charge is 0.454 e. The fourth-order valence-electron chi connectivity index (χ4n) is 3.81. The summed E-state index contributed by atoms with van der Waals surface area (Å²) in [6.07, 6.45) is -0.365. The van der Waals surface area contributed by atoms with Crippen LogP contribution < -0.4 is 14.4 Å². The van der Waals surface area contributed by atoms with E-state index in [9.17, 15) is 14.7 Å². The molecule has 1 aromatic heterocycles. The van der Waals surface area contributed by atoms with Crippen LogP contribution in [0.15, 0.2) is 58.4 Å². The number of carbonyl (C=O) groups excluding carboxylic acids is 2. The molecule has 2 aromatic carbocycles.